The predicted molar refractivity (Wildman–Crippen MR) is 111 cm³/mol. The van der Waals surface area contributed by atoms with Gasteiger partial charge in [0.1, 0.15) is 28.9 Å². The number of alkyl halides is 2. The van der Waals surface area contributed by atoms with Crippen molar-refractivity contribution >= 4 is 16.7 Å². The molecule has 0 aliphatic heterocycles. The van der Waals surface area contributed by atoms with Crippen LogP contribution in [0, 0.1) is 18.6 Å². The smallest absolute Gasteiger partial charge is 0.266 e. The van der Waals surface area contributed by atoms with Gasteiger partial charge in [-0.3, -0.25) is 0 Å². The number of ether oxygens (including phenoxy) is 1. The highest BCUT2D eigenvalue weighted by Crippen LogP contribution is 2.34. The topological polar surface area (TPSA) is 64.9 Å². The van der Waals surface area contributed by atoms with Gasteiger partial charge in [-0.2, -0.15) is 5.10 Å². The van der Waals surface area contributed by atoms with Crippen LogP contribution in [0.1, 0.15) is 36.3 Å². The summed E-state index contributed by atoms with van der Waals surface area (Å²) in [7, 11) is 1.46. The summed E-state index contributed by atoms with van der Waals surface area (Å²) in [6.07, 6.45) is -0.636. The zero-order chi connectivity index (χ0) is 23.0. The number of nitrogens with zero attached hydrogens (tertiary/aromatic N) is 4. The van der Waals surface area contributed by atoms with Crippen LogP contribution in [-0.4, -0.2) is 26.9 Å². The number of fused-ring (bicyclic) bond motifs is 1. The number of hydrogen-bond acceptors (Lipinski definition) is 5. The van der Waals surface area contributed by atoms with Crippen molar-refractivity contribution in [2.45, 2.75) is 26.3 Å². The molecule has 0 spiro atoms. The molecule has 1 atom stereocenters. The van der Waals surface area contributed by atoms with Gasteiger partial charge in [-0.25, -0.2) is 32.2 Å². The summed E-state index contributed by atoms with van der Waals surface area (Å²) in [5.74, 6) is -0.279. The highest BCUT2D eigenvalue weighted by molar-refractivity contribution is 5.92. The predicted octanol–water partition coefficient (Wildman–Crippen LogP) is 5.52. The molecule has 32 heavy (non-hydrogen) atoms. The number of anilines is 1. The molecule has 0 radical (unpaired) electrons. The largest absolute Gasteiger partial charge is 0.494 e. The summed E-state index contributed by atoms with van der Waals surface area (Å²) in [6.45, 7) is 3.33. The molecule has 0 bridgehead atoms. The number of aryl methyl sites for hydroxylation is 1. The van der Waals surface area contributed by atoms with E-state index in [2.05, 4.69) is 20.4 Å². The Kier molecular flexibility index (Phi) is 5.68. The summed E-state index contributed by atoms with van der Waals surface area (Å²) >= 11 is 0. The van der Waals surface area contributed by atoms with E-state index in [0.29, 0.717) is 34.0 Å². The second-order valence-electron chi connectivity index (χ2n) is 7.18. The summed E-state index contributed by atoms with van der Waals surface area (Å²) in [4.78, 5) is 8.83. The third-order valence-electron chi connectivity index (χ3n) is 5.02. The van der Waals surface area contributed by atoms with Crippen LogP contribution in [0.3, 0.4) is 0 Å². The van der Waals surface area contributed by atoms with E-state index in [-0.39, 0.29) is 5.56 Å². The third kappa shape index (κ3) is 3.95. The molecule has 0 saturated carbocycles. The van der Waals surface area contributed by atoms with Crippen molar-refractivity contribution in [1.82, 2.24) is 19.7 Å². The highest BCUT2D eigenvalue weighted by atomic mass is 19.3. The Hall–Kier alpha value is -3.69. The second kappa shape index (κ2) is 8.45. The van der Waals surface area contributed by atoms with Crippen LogP contribution in [0.25, 0.3) is 16.6 Å². The summed E-state index contributed by atoms with van der Waals surface area (Å²) in [5.41, 5.74) is 0.415. The normalized spacial score (nSPS) is 12.4. The van der Waals surface area contributed by atoms with Gasteiger partial charge in [0.05, 0.1) is 36.6 Å². The van der Waals surface area contributed by atoms with Crippen molar-refractivity contribution in [2.24, 2.45) is 0 Å². The lowest BCUT2D eigenvalue weighted by Gasteiger charge is -2.19. The quantitative estimate of drug-likeness (QED) is 0.396. The van der Waals surface area contributed by atoms with Crippen LogP contribution in [0.15, 0.2) is 42.7 Å². The Morgan fingerprint density at radius 1 is 1.09 bits per heavy atom. The number of hydrogen-bond donors (Lipinski definition) is 1. The number of nitrogens with one attached hydrogen (secondary N) is 1. The standard InChI is InChI=1S/C22H19F4N5O/c1-11(14-5-4-6-15(20(14)24)21(25)26)28-22-16-7-19(32-3)18(31-10-13(23)9-27-31)8-17(16)29-12(2)30-22/h4-11,21H,1-3H3,(H,28,29,30)/t11-/m1/s1. The van der Waals surface area contributed by atoms with E-state index in [1.165, 1.54) is 30.1 Å². The maximum absolute atomic E-state index is 14.6. The molecule has 6 nitrogen and oxygen atoms in total. The number of rotatable bonds is 6. The Morgan fingerprint density at radius 3 is 2.50 bits per heavy atom. The van der Waals surface area contributed by atoms with Crippen LogP contribution in [0.4, 0.5) is 23.4 Å². The van der Waals surface area contributed by atoms with Crippen molar-refractivity contribution in [2.75, 3.05) is 12.4 Å². The van der Waals surface area contributed by atoms with Crippen molar-refractivity contribution in [3.63, 3.8) is 0 Å². The molecule has 2 heterocycles. The molecule has 0 aliphatic carbocycles. The van der Waals surface area contributed by atoms with E-state index in [0.717, 1.165) is 12.3 Å². The molecule has 0 aliphatic rings. The van der Waals surface area contributed by atoms with Gasteiger partial charge in [-0.05, 0) is 26.0 Å². The maximum Gasteiger partial charge on any atom is 0.266 e. The first-order valence-electron chi connectivity index (χ1n) is 9.68. The van der Waals surface area contributed by atoms with Gasteiger partial charge >= 0.3 is 0 Å². The number of aromatic nitrogens is 4. The van der Waals surface area contributed by atoms with E-state index in [4.69, 9.17) is 4.74 Å². The molecular formula is C22H19F4N5O. The van der Waals surface area contributed by atoms with E-state index in [9.17, 15) is 17.6 Å². The molecule has 166 valence electrons. The lowest BCUT2D eigenvalue weighted by Crippen LogP contribution is -2.12. The van der Waals surface area contributed by atoms with Crippen molar-refractivity contribution in [1.29, 1.82) is 0 Å². The molecule has 0 saturated heterocycles. The summed E-state index contributed by atoms with van der Waals surface area (Å²) in [6, 6.07) is 6.55. The van der Waals surface area contributed by atoms with Crippen molar-refractivity contribution in [3.05, 3.63) is 71.3 Å². The fourth-order valence-corrected chi connectivity index (χ4v) is 3.50. The minimum atomic E-state index is -2.92. The van der Waals surface area contributed by atoms with Gasteiger partial charge in [-0.15, -0.1) is 0 Å². The lowest BCUT2D eigenvalue weighted by atomic mass is 10.0. The molecule has 0 amide bonds. The number of benzene rings is 2. The molecule has 4 aromatic rings. The Balaban J connectivity index is 1.79. The van der Waals surface area contributed by atoms with Crippen LogP contribution in [0.2, 0.25) is 0 Å². The minimum absolute atomic E-state index is 0.0859. The second-order valence-corrected chi connectivity index (χ2v) is 7.18. The van der Waals surface area contributed by atoms with E-state index < -0.39 is 29.7 Å². The van der Waals surface area contributed by atoms with Crippen LogP contribution in [0.5, 0.6) is 5.75 Å². The fraction of sp³-hybridized carbons (Fsp3) is 0.227. The van der Waals surface area contributed by atoms with E-state index in [1.807, 2.05) is 0 Å². The lowest BCUT2D eigenvalue weighted by molar-refractivity contribution is 0.146. The molecule has 2 aromatic heterocycles. The maximum atomic E-state index is 14.6. The first-order chi connectivity index (χ1) is 15.3. The van der Waals surface area contributed by atoms with Crippen LogP contribution < -0.4 is 10.1 Å². The minimum Gasteiger partial charge on any atom is -0.494 e. The average molecular weight is 445 g/mol. The first kappa shape index (κ1) is 21.5. The molecule has 0 fully saturated rings. The average Bonchev–Trinajstić information content (AvgIpc) is 3.18. The van der Waals surface area contributed by atoms with Gasteiger partial charge in [0.25, 0.3) is 6.43 Å². The zero-order valence-corrected chi connectivity index (χ0v) is 17.4. The van der Waals surface area contributed by atoms with Crippen LogP contribution in [-0.2, 0) is 0 Å². The van der Waals surface area contributed by atoms with E-state index in [1.54, 1.807) is 26.0 Å². The van der Waals surface area contributed by atoms with Gasteiger partial charge < -0.3 is 10.1 Å². The Bertz CT molecular complexity index is 1290. The molecule has 4 rings (SSSR count). The van der Waals surface area contributed by atoms with Crippen molar-refractivity contribution in [3.8, 4) is 11.4 Å². The van der Waals surface area contributed by atoms with E-state index >= 15 is 0 Å². The van der Waals surface area contributed by atoms with Gasteiger partial charge in [0.2, 0.25) is 0 Å². The highest BCUT2D eigenvalue weighted by Gasteiger charge is 2.21. The molecule has 0 unspecified atom stereocenters. The zero-order valence-electron chi connectivity index (χ0n) is 17.4. The SMILES string of the molecule is COc1cc2c(N[C@H](C)c3cccc(C(F)F)c3F)nc(C)nc2cc1-n1cc(F)cn1. The van der Waals surface area contributed by atoms with Crippen LogP contribution >= 0.6 is 0 Å². The number of methoxy groups -OCH3 is 1. The fourth-order valence-electron chi connectivity index (χ4n) is 3.50. The van der Waals surface area contributed by atoms with Gasteiger partial charge in [0, 0.05) is 10.9 Å². The summed E-state index contributed by atoms with van der Waals surface area (Å²) in [5, 5.41) is 7.61. The first-order valence-corrected chi connectivity index (χ1v) is 9.68. The molecular weight excluding hydrogens is 426 g/mol. The van der Waals surface area contributed by atoms with Crippen molar-refractivity contribution < 1.29 is 22.3 Å². The molecule has 2 aromatic carbocycles. The Morgan fingerprint density at radius 2 is 1.84 bits per heavy atom. The van der Waals surface area contributed by atoms with Gasteiger partial charge in [-0.1, -0.05) is 18.2 Å². The third-order valence-corrected chi connectivity index (χ3v) is 5.02. The molecule has 10 heteroatoms. The molecule has 1 N–H and O–H groups in total. The summed E-state index contributed by atoms with van der Waals surface area (Å²) < 4.78 is 61.0. The monoisotopic (exact) mass is 445 g/mol. The van der Waals surface area contributed by atoms with Gasteiger partial charge in [0.15, 0.2) is 5.82 Å². The number of halogens is 4. The Labute approximate surface area is 180 Å².